The number of likely N-dealkylation sites (N-methyl/N-ethyl adjacent to an activating group) is 1. The molecular formula is C9H15NO3. The fraction of sp³-hybridized carbons (Fsp3) is 1.00. The van der Waals surface area contributed by atoms with Gasteiger partial charge in [0.15, 0.2) is 5.79 Å². The fourth-order valence-electron chi connectivity index (χ4n) is 2.66. The molecule has 4 heteroatoms. The largest absolute Gasteiger partial charge is 0.343 e. The number of hydrogen-bond donors (Lipinski definition) is 0. The molecule has 0 aromatic rings. The first kappa shape index (κ1) is 8.17. The number of nitrogens with zero attached hydrogens (tertiary/aromatic N) is 1. The molecule has 0 N–H and O–H groups in total. The maximum Gasteiger partial charge on any atom is 0.163 e. The van der Waals surface area contributed by atoms with Crippen molar-refractivity contribution >= 4 is 0 Å². The summed E-state index contributed by atoms with van der Waals surface area (Å²) in [6, 6.07) is 0.386. The predicted octanol–water partition coefficient (Wildman–Crippen LogP) is 0.524. The van der Waals surface area contributed by atoms with Gasteiger partial charge >= 0.3 is 0 Å². The zero-order chi connectivity index (χ0) is 9.22. The Morgan fingerprint density at radius 1 is 1.23 bits per heavy atom. The molecule has 1 aliphatic carbocycles. The van der Waals surface area contributed by atoms with Crippen LogP contribution in [0.1, 0.15) is 20.3 Å². The summed E-state index contributed by atoms with van der Waals surface area (Å²) in [6.45, 7) is 3.93. The fourth-order valence-corrected chi connectivity index (χ4v) is 2.66. The molecule has 2 bridgehead atoms. The van der Waals surface area contributed by atoms with Gasteiger partial charge in [-0.1, -0.05) is 0 Å². The lowest BCUT2D eigenvalue weighted by molar-refractivity contribution is -0.209. The SMILES string of the molecule is CN1O[C@H]2C[C@@H]1[C@H]1OC(C)(C)O[C@H]12. The summed E-state index contributed by atoms with van der Waals surface area (Å²) >= 11 is 0. The quantitative estimate of drug-likeness (QED) is 0.550. The molecule has 0 aromatic carbocycles. The van der Waals surface area contributed by atoms with Crippen molar-refractivity contribution in [3.8, 4) is 0 Å². The Morgan fingerprint density at radius 2 is 1.92 bits per heavy atom. The van der Waals surface area contributed by atoms with Crippen molar-refractivity contribution in [1.82, 2.24) is 5.06 Å². The molecule has 3 fully saturated rings. The van der Waals surface area contributed by atoms with Crippen LogP contribution in [0.2, 0.25) is 0 Å². The second kappa shape index (κ2) is 2.25. The summed E-state index contributed by atoms with van der Waals surface area (Å²) in [5.74, 6) is -0.430. The van der Waals surface area contributed by atoms with Crippen molar-refractivity contribution in [1.29, 1.82) is 0 Å². The first-order valence-electron chi connectivity index (χ1n) is 4.82. The van der Waals surface area contributed by atoms with Crippen LogP contribution in [0.3, 0.4) is 0 Å². The Balaban J connectivity index is 1.87. The molecule has 1 saturated carbocycles. The van der Waals surface area contributed by atoms with Crippen LogP contribution in [0.15, 0.2) is 0 Å². The van der Waals surface area contributed by atoms with Gasteiger partial charge in [-0.3, -0.25) is 4.84 Å². The van der Waals surface area contributed by atoms with E-state index in [1.807, 2.05) is 26.0 Å². The van der Waals surface area contributed by atoms with E-state index in [2.05, 4.69) is 0 Å². The zero-order valence-corrected chi connectivity index (χ0v) is 8.19. The highest BCUT2D eigenvalue weighted by Crippen LogP contribution is 2.45. The monoisotopic (exact) mass is 185 g/mol. The Morgan fingerprint density at radius 3 is 2.69 bits per heavy atom. The van der Waals surface area contributed by atoms with Crippen LogP contribution in [-0.4, -0.2) is 42.3 Å². The van der Waals surface area contributed by atoms with E-state index < -0.39 is 5.79 Å². The van der Waals surface area contributed by atoms with Crippen LogP contribution >= 0.6 is 0 Å². The van der Waals surface area contributed by atoms with Gasteiger partial charge in [0, 0.05) is 7.05 Å². The first-order valence-corrected chi connectivity index (χ1v) is 4.82. The van der Waals surface area contributed by atoms with Gasteiger partial charge in [0.2, 0.25) is 0 Å². The molecule has 4 nitrogen and oxygen atoms in total. The van der Waals surface area contributed by atoms with Gasteiger partial charge in [0.25, 0.3) is 0 Å². The second-order valence-corrected chi connectivity index (χ2v) is 4.56. The van der Waals surface area contributed by atoms with Gasteiger partial charge in [-0.2, -0.15) is 5.06 Å². The smallest absolute Gasteiger partial charge is 0.163 e. The van der Waals surface area contributed by atoms with Crippen molar-refractivity contribution < 1.29 is 14.3 Å². The molecule has 13 heavy (non-hydrogen) atoms. The predicted molar refractivity (Wildman–Crippen MR) is 44.9 cm³/mol. The van der Waals surface area contributed by atoms with Gasteiger partial charge in [0.05, 0.1) is 6.04 Å². The van der Waals surface area contributed by atoms with E-state index in [-0.39, 0.29) is 18.3 Å². The van der Waals surface area contributed by atoms with Gasteiger partial charge in [-0.25, -0.2) is 0 Å². The minimum Gasteiger partial charge on any atom is -0.343 e. The lowest BCUT2D eigenvalue weighted by Crippen LogP contribution is -2.45. The summed E-state index contributed by atoms with van der Waals surface area (Å²) in [7, 11) is 1.97. The number of hydroxylamine groups is 2. The molecule has 0 spiro atoms. The number of rotatable bonds is 0. The molecule has 3 rings (SSSR count). The summed E-state index contributed by atoms with van der Waals surface area (Å²) < 4.78 is 11.6. The van der Waals surface area contributed by atoms with Crippen LogP contribution < -0.4 is 0 Å². The van der Waals surface area contributed by atoms with Crippen LogP contribution in [0.4, 0.5) is 0 Å². The van der Waals surface area contributed by atoms with E-state index in [0.717, 1.165) is 6.42 Å². The average Bonchev–Trinajstić information content (AvgIpc) is 2.56. The number of fused-ring (bicyclic) bond motifs is 5. The first-order chi connectivity index (χ1) is 6.07. The van der Waals surface area contributed by atoms with Gasteiger partial charge in [-0.05, 0) is 20.3 Å². The Kier molecular flexibility index (Phi) is 1.42. The topological polar surface area (TPSA) is 30.9 Å². The standard InChI is InChI=1S/C9H15NO3/c1-9(2)11-7-5-4-6(8(7)12-9)13-10(5)3/h5-8H,4H2,1-3H3/t5-,6+,7-,8+/m1/s1. The van der Waals surface area contributed by atoms with E-state index in [9.17, 15) is 0 Å². The van der Waals surface area contributed by atoms with Crippen molar-refractivity contribution in [2.24, 2.45) is 0 Å². The van der Waals surface area contributed by atoms with E-state index in [1.54, 1.807) is 0 Å². The lowest BCUT2D eigenvalue weighted by Gasteiger charge is -2.28. The molecule has 0 radical (unpaired) electrons. The molecule has 2 saturated heterocycles. The molecule has 2 heterocycles. The molecule has 74 valence electrons. The highest BCUT2D eigenvalue weighted by molar-refractivity contribution is 5.05. The second-order valence-electron chi connectivity index (χ2n) is 4.56. The minimum absolute atomic E-state index is 0.149. The molecule has 4 atom stereocenters. The third kappa shape index (κ3) is 1.00. The molecule has 2 aliphatic heterocycles. The van der Waals surface area contributed by atoms with Crippen molar-refractivity contribution in [3.63, 3.8) is 0 Å². The molecule has 3 aliphatic rings. The van der Waals surface area contributed by atoms with Gasteiger partial charge in [-0.15, -0.1) is 0 Å². The third-order valence-corrected chi connectivity index (χ3v) is 3.15. The number of ether oxygens (including phenoxy) is 2. The molecular weight excluding hydrogens is 170 g/mol. The molecule has 0 amide bonds. The Bertz CT molecular complexity index is 243. The van der Waals surface area contributed by atoms with Crippen LogP contribution in [0, 0.1) is 0 Å². The average molecular weight is 185 g/mol. The van der Waals surface area contributed by atoms with Gasteiger partial charge in [0.1, 0.15) is 18.3 Å². The van der Waals surface area contributed by atoms with E-state index in [1.165, 1.54) is 0 Å². The van der Waals surface area contributed by atoms with Crippen molar-refractivity contribution in [3.05, 3.63) is 0 Å². The maximum absolute atomic E-state index is 5.83. The highest BCUT2D eigenvalue weighted by atomic mass is 16.8. The third-order valence-electron chi connectivity index (χ3n) is 3.15. The van der Waals surface area contributed by atoms with Crippen LogP contribution in [-0.2, 0) is 14.3 Å². The Hall–Kier alpha value is -0.160. The highest BCUT2D eigenvalue weighted by Gasteiger charge is 2.60. The zero-order valence-electron chi connectivity index (χ0n) is 8.19. The molecule has 0 aromatic heterocycles. The molecule has 0 unspecified atom stereocenters. The number of hydrogen-bond acceptors (Lipinski definition) is 4. The van der Waals surface area contributed by atoms with Crippen molar-refractivity contribution in [2.75, 3.05) is 7.05 Å². The van der Waals surface area contributed by atoms with Crippen molar-refractivity contribution in [2.45, 2.75) is 50.4 Å². The summed E-state index contributed by atoms with van der Waals surface area (Å²) in [4.78, 5) is 5.60. The Labute approximate surface area is 77.7 Å². The van der Waals surface area contributed by atoms with Crippen LogP contribution in [0.5, 0.6) is 0 Å². The summed E-state index contributed by atoms with van der Waals surface area (Å²) in [5, 5.41) is 1.91. The van der Waals surface area contributed by atoms with E-state index in [4.69, 9.17) is 14.3 Å². The summed E-state index contributed by atoms with van der Waals surface area (Å²) in [5.41, 5.74) is 0. The van der Waals surface area contributed by atoms with E-state index >= 15 is 0 Å². The van der Waals surface area contributed by atoms with Gasteiger partial charge < -0.3 is 9.47 Å². The summed E-state index contributed by atoms with van der Waals surface area (Å²) in [6.07, 6.45) is 1.61. The lowest BCUT2D eigenvalue weighted by atomic mass is 10.2. The van der Waals surface area contributed by atoms with E-state index in [0.29, 0.717) is 6.04 Å². The maximum atomic E-state index is 5.83. The minimum atomic E-state index is -0.430. The normalized spacial score (nSPS) is 52.8. The van der Waals surface area contributed by atoms with Crippen LogP contribution in [0.25, 0.3) is 0 Å².